The number of hydrogen-bond acceptors (Lipinski definition) is 4. The molecule has 0 saturated carbocycles. The lowest BCUT2D eigenvalue weighted by atomic mass is 10.1. The molecule has 2 heterocycles. The van der Waals surface area contributed by atoms with Gasteiger partial charge in [-0.2, -0.15) is 0 Å². The zero-order valence-electron chi connectivity index (χ0n) is 12.7. The van der Waals surface area contributed by atoms with Crippen molar-refractivity contribution in [1.29, 1.82) is 0 Å². The average Bonchev–Trinajstić information content (AvgIpc) is 2.94. The molecule has 1 aliphatic heterocycles. The molecule has 0 fully saturated rings. The molecule has 9 heteroatoms. The molecule has 0 atom stereocenters. The van der Waals surface area contributed by atoms with E-state index in [0.717, 1.165) is 27.8 Å². The number of thiophene rings is 1. The molecular formula is C15H14ClFN2O3S2. The maximum Gasteiger partial charge on any atom is 0.271 e. The molecule has 128 valence electrons. The molecule has 1 aliphatic rings. The largest absolute Gasteiger partial charge is 0.338 e. The standard InChI is InChI=1S/C15H14ClFN2O3S2/c1-9(20)19-5-4-14-10(8-19)6-15(23-14)24(21,22)18-13-3-2-11(16)7-12(13)17/h2-3,6-7,18H,4-5,8H2,1H3. The van der Waals surface area contributed by atoms with Gasteiger partial charge in [0.2, 0.25) is 5.91 Å². The van der Waals surface area contributed by atoms with Crippen molar-refractivity contribution in [2.75, 3.05) is 11.3 Å². The monoisotopic (exact) mass is 388 g/mol. The topological polar surface area (TPSA) is 66.5 Å². The first-order chi connectivity index (χ1) is 11.3. The third kappa shape index (κ3) is 3.40. The number of carbonyl (C=O) groups is 1. The average molecular weight is 389 g/mol. The molecule has 1 aromatic heterocycles. The molecule has 0 saturated heterocycles. The summed E-state index contributed by atoms with van der Waals surface area (Å²) in [7, 11) is -3.90. The number of halogens is 2. The Hall–Kier alpha value is -1.64. The number of hydrogen-bond donors (Lipinski definition) is 1. The van der Waals surface area contributed by atoms with Crippen LogP contribution in [0.3, 0.4) is 0 Å². The van der Waals surface area contributed by atoms with Crippen LogP contribution in [0.15, 0.2) is 28.5 Å². The molecule has 24 heavy (non-hydrogen) atoms. The van der Waals surface area contributed by atoms with Gasteiger partial charge in [-0.3, -0.25) is 9.52 Å². The highest BCUT2D eigenvalue weighted by molar-refractivity contribution is 7.94. The first-order valence-corrected chi connectivity index (χ1v) is 9.79. The van der Waals surface area contributed by atoms with Crippen molar-refractivity contribution in [3.05, 3.63) is 45.5 Å². The third-order valence-electron chi connectivity index (χ3n) is 3.73. The molecule has 0 aliphatic carbocycles. The highest BCUT2D eigenvalue weighted by atomic mass is 35.5. The minimum absolute atomic E-state index is 0.0439. The number of fused-ring (bicyclic) bond motifs is 1. The Labute approximate surface area is 148 Å². The number of sulfonamides is 1. The zero-order valence-corrected chi connectivity index (χ0v) is 15.1. The lowest BCUT2D eigenvalue weighted by Crippen LogP contribution is -2.33. The molecule has 0 radical (unpaired) electrons. The Morgan fingerprint density at radius 3 is 2.79 bits per heavy atom. The Morgan fingerprint density at radius 2 is 2.12 bits per heavy atom. The molecule has 1 N–H and O–H groups in total. The van der Waals surface area contributed by atoms with Crippen LogP contribution in [0.1, 0.15) is 17.4 Å². The highest BCUT2D eigenvalue weighted by Crippen LogP contribution is 2.32. The zero-order chi connectivity index (χ0) is 17.5. The number of anilines is 1. The summed E-state index contributed by atoms with van der Waals surface area (Å²) in [5.41, 5.74) is 0.662. The molecule has 5 nitrogen and oxygen atoms in total. The van der Waals surface area contributed by atoms with E-state index in [9.17, 15) is 17.6 Å². The Balaban J connectivity index is 1.87. The van der Waals surface area contributed by atoms with E-state index in [1.165, 1.54) is 19.1 Å². The lowest BCUT2D eigenvalue weighted by Gasteiger charge is -2.25. The van der Waals surface area contributed by atoms with Crippen molar-refractivity contribution < 1.29 is 17.6 Å². The molecule has 2 aromatic rings. The van der Waals surface area contributed by atoms with Crippen molar-refractivity contribution in [2.45, 2.75) is 24.1 Å². The van der Waals surface area contributed by atoms with E-state index < -0.39 is 15.8 Å². The normalized spacial score (nSPS) is 14.4. The summed E-state index contributed by atoms with van der Waals surface area (Å²) in [6, 6.07) is 5.28. The summed E-state index contributed by atoms with van der Waals surface area (Å²) in [5.74, 6) is -0.784. The number of nitrogens with one attached hydrogen (secondary N) is 1. The van der Waals surface area contributed by atoms with E-state index in [1.54, 1.807) is 11.0 Å². The summed E-state index contributed by atoms with van der Waals surface area (Å²) in [4.78, 5) is 14.1. The van der Waals surface area contributed by atoms with Crippen molar-refractivity contribution in [2.24, 2.45) is 0 Å². The highest BCUT2D eigenvalue weighted by Gasteiger charge is 2.26. The number of carbonyl (C=O) groups excluding carboxylic acids is 1. The van der Waals surface area contributed by atoms with Gasteiger partial charge in [0.05, 0.1) is 5.69 Å². The first kappa shape index (κ1) is 17.2. The van der Waals surface area contributed by atoms with Crippen LogP contribution in [0.2, 0.25) is 5.02 Å². The molecule has 1 amide bonds. The molecule has 3 rings (SSSR count). The van der Waals surface area contributed by atoms with Crippen LogP contribution in [0, 0.1) is 5.82 Å². The van der Waals surface area contributed by atoms with Gasteiger partial charge in [0.1, 0.15) is 10.0 Å². The maximum absolute atomic E-state index is 13.8. The van der Waals surface area contributed by atoms with Crippen LogP contribution in [0.25, 0.3) is 0 Å². The summed E-state index contributed by atoms with van der Waals surface area (Å²) in [6.45, 7) is 2.45. The Kier molecular flexibility index (Phi) is 4.54. The number of nitrogens with zero attached hydrogens (tertiary/aromatic N) is 1. The van der Waals surface area contributed by atoms with Crippen LogP contribution in [0.4, 0.5) is 10.1 Å². The van der Waals surface area contributed by atoms with Gasteiger partial charge in [-0.15, -0.1) is 11.3 Å². The second-order valence-electron chi connectivity index (χ2n) is 5.43. The molecule has 1 aromatic carbocycles. The van der Waals surface area contributed by atoms with E-state index in [-0.39, 0.29) is 20.8 Å². The molecule has 0 unspecified atom stereocenters. The fraction of sp³-hybridized carbons (Fsp3) is 0.267. The van der Waals surface area contributed by atoms with Crippen molar-refractivity contribution in [1.82, 2.24) is 4.90 Å². The van der Waals surface area contributed by atoms with Crippen LogP contribution in [0.5, 0.6) is 0 Å². The quantitative estimate of drug-likeness (QED) is 0.877. The van der Waals surface area contributed by atoms with E-state index in [1.807, 2.05) is 0 Å². The van der Waals surface area contributed by atoms with E-state index in [0.29, 0.717) is 19.5 Å². The lowest BCUT2D eigenvalue weighted by molar-refractivity contribution is -0.129. The van der Waals surface area contributed by atoms with Crippen LogP contribution in [-0.2, 0) is 27.8 Å². The van der Waals surface area contributed by atoms with Crippen LogP contribution in [-0.4, -0.2) is 25.8 Å². The number of benzene rings is 1. The third-order valence-corrected chi connectivity index (χ3v) is 7.04. The minimum Gasteiger partial charge on any atom is -0.338 e. The van der Waals surface area contributed by atoms with Crippen molar-refractivity contribution in [3.63, 3.8) is 0 Å². The Morgan fingerprint density at radius 1 is 1.38 bits per heavy atom. The fourth-order valence-electron chi connectivity index (χ4n) is 2.47. The van der Waals surface area contributed by atoms with Gasteiger partial charge in [-0.05, 0) is 36.2 Å². The van der Waals surface area contributed by atoms with E-state index in [2.05, 4.69) is 4.72 Å². The molecular weight excluding hydrogens is 375 g/mol. The minimum atomic E-state index is -3.90. The maximum atomic E-state index is 13.8. The van der Waals surface area contributed by atoms with Crippen molar-refractivity contribution >= 4 is 44.6 Å². The summed E-state index contributed by atoms with van der Waals surface area (Å²) < 4.78 is 41.1. The molecule has 0 spiro atoms. The predicted octanol–water partition coefficient (Wildman–Crippen LogP) is 3.25. The summed E-state index contributed by atoms with van der Waals surface area (Å²) in [6.07, 6.45) is 0.615. The van der Waals surface area contributed by atoms with Gasteiger partial charge in [0.25, 0.3) is 10.0 Å². The second-order valence-corrected chi connectivity index (χ2v) is 8.92. The Bertz CT molecular complexity index is 911. The van der Waals surface area contributed by atoms with Gasteiger partial charge in [-0.25, -0.2) is 12.8 Å². The SMILES string of the molecule is CC(=O)N1CCc2sc(S(=O)(=O)Nc3ccc(Cl)cc3F)cc2C1. The first-order valence-electron chi connectivity index (χ1n) is 7.11. The van der Waals surface area contributed by atoms with Gasteiger partial charge < -0.3 is 4.90 Å². The van der Waals surface area contributed by atoms with E-state index >= 15 is 0 Å². The predicted molar refractivity (Wildman–Crippen MR) is 91.3 cm³/mol. The summed E-state index contributed by atoms with van der Waals surface area (Å²) >= 11 is 6.81. The fourth-order valence-corrected chi connectivity index (χ4v) is 5.24. The molecule has 0 bridgehead atoms. The van der Waals surface area contributed by atoms with E-state index in [4.69, 9.17) is 11.6 Å². The van der Waals surface area contributed by atoms with Gasteiger partial charge in [0, 0.05) is 29.9 Å². The van der Waals surface area contributed by atoms with Crippen LogP contribution >= 0.6 is 22.9 Å². The smallest absolute Gasteiger partial charge is 0.271 e. The number of rotatable bonds is 3. The van der Waals surface area contributed by atoms with Gasteiger partial charge in [0.15, 0.2) is 0 Å². The summed E-state index contributed by atoms with van der Waals surface area (Å²) in [5, 5.41) is 0.186. The van der Waals surface area contributed by atoms with Gasteiger partial charge >= 0.3 is 0 Å². The number of amides is 1. The van der Waals surface area contributed by atoms with Gasteiger partial charge in [-0.1, -0.05) is 11.6 Å². The van der Waals surface area contributed by atoms with Crippen molar-refractivity contribution in [3.8, 4) is 0 Å². The second kappa shape index (κ2) is 6.34. The van der Waals surface area contributed by atoms with Crippen LogP contribution < -0.4 is 4.72 Å².